The summed E-state index contributed by atoms with van der Waals surface area (Å²) in [5.41, 5.74) is 0.822. The number of hydrogen-bond acceptors (Lipinski definition) is 4. The summed E-state index contributed by atoms with van der Waals surface area (Å²) >= 11 is 13.3. The highest BCUT2D eigenvalue weighted by Crippen LogP contribution is 2.33. The van der Waals surface area contributed by atoms with Crippen molar-refractivity contribution in [3.05, 3.63) is 51.0 Å². The Kier molecular flexibility index (Phi) is 4.53. The number of nitrogens with zero attached hydrogens (tertiary/aromatic N) is 2. The summed E-state index contributed by atoms with van der Waals surface area (Å²) < 4.78 is 5.78. The average Bonchev–Trinajstić information content (AvgIpc) is 3.10. The highest BCUT2D eigenvalue weighted by molar-refractivity contribution is 8.18. The molecule has 7 heteroatoms. The second-order valence-corrected chi connectivity index (χ2v) is 6.64. The highest BCUT2D eigenvalue weighted by atomic mass is 35.5. The van der Waals surface area contributed by atoms with E-state index in [-0.39, 0.29) is 5.91 Å². The Labute approximate surface area is 147 Å². The molecule has 0 N–H and O–H groups in total. The van der Waals surface area contributed by atoms with Crippen LogP contribution in [0.5, 0.6) is 0 Å². The summed E-state index contributed by atoms with van der Waals surface area (Å²) in [6.07, 6.45) is 1.71. The molecule has 1 saturated heterocycles. The van der Waals surface area contributed by atoms with Gasteiger partial charge in [-0.15, -0.1) is 0 Å². The van der Waals surface area contributed by atoms with Gasteiger partial charge in [-0.3, -0.25) is 14.7 Å². The number of amides is 1. The minimum Gasteiger partial charge on any atom is -0.457 e. The lowest BCUT2D eigenvalue weighted by atomic mass is 10.2. The molecule has 0 unspecified atom stereocenters. The van der Waals surface area contributed by atoms with E-state index < -0.39 is 0 Å². The predicted molar refractivity (Wildman–Crippen MR) is 95.9 cm³/mol. The molecular weight excluding hydrogens is 355 g/mol. The van der Waals surface area contributed by atoms with Gasteiger partial charge >= 0.3 is 0 Å². The first-order valence-corrected chi connectivity index (χ1v) is 8.26. The molecule has 1 aromatic carbocycles. The molecule has 2 aromatic rings. The van der Waals surface area contributed by atoms with E-state index in [1.165, 1.54) is 16.7 Å². The SMILES string of the molecule is CN=C1S/C(=C\c2ccc(-c3ccc(Cl)c(Cl)c3)o2)C(=O)N1C. The topological polar surface area (TPSA) is 45.8 Å². The summed E-state index contributed by atoms with van der Waals surface area (Å²) in [7, 11) is 3.35. The van der Waals surface area contributed by atoms with E-state index in [0.29, 0.717) is 31.6 Å². The predicted octanol–water partition coefficient (Wildman–Crippen LogP) is 4.79. The number of amidine groups is 1. The van der Waals surface area contributed by atoms with Gasteiger partial charge in [0.25, 0.3) is 5.91 Å². The lowest BCUT2D eigenvalue weighted by Gasteiger charge is -2.04. The molecule has 1 fully saturated rings. The standard InChI is InChI=1S/C16H12Cl2N2O2S/c1-19-16-20(2)15(21)14(23-16)8-10-4-6-13(22-10)9-3-5-11(17)12(18)7-9/h3-8H,1-2H3/b14-8-,19-16?. The zero-order chi connectivity index (χ0) is 16.6. The van der Waals surface area contributed by atoms with E-state index in [2.05, 4.69) is 4.99 Å². The van der Waals surface area contributed by atoms with Crippen molar-refractivity contribution in [2.75, 3.05) is 14.1 Å². The summed E-state index contributed by atoms with van der Waals surface area (Å²) in [4.78, 5) is 18.3. The van der Waals surface area contributed by atoms with E-state index >= 15 is 0 Å². The van der Waals surface area contributed by atoms with Crippen LogP contribution >= 0.6 is 35.0 Å². The first-order valence-electron chi connectivity index (χ1n) is 6.69. The normalized spacial score (nSPS) is 18.4. The van der Waals surface area contributed by atoms with Crippen molar-refractivity contribution < 1.29 is 9.21 Å². The number of aliphatic imine (C=N–C) groups is 1. The van der Waals surface area contributed by atoms with Crippen LogP contribution in [0.3, 0.4) is 0 Å². The maximum Gasteiger partial charge on any atom is 0.266 e. The molecule has 118 valence electrons. The molecule has 1 aliphatic heterocycles. The fraction of sp³-hybridized carbons (Fsp3) is 0.125. The van der Waals surface area contributed by atoms with Crippen LogP contribution < -0.4 is 0 Å². The van der Waals surface area contributed by atoms with Crippen molar-refractivity contribution in [2.45, 2.75) is 0 Å². The van der Waals surface area contributed by atoms with E-state index in [9.17, 15) is 4.79 Å². The van der Waals surface area contributed by atoms with Gasteiger partial charge in [0, 0.05) is 25.7 Å². The number of carbonyl (C=O) groups is 1. The summed E-state index contributed by atoms with van der Waals surface area (Å²) in [5, 5.41) is 1.62. The van der Waals surface area contributed by atoms with Gasteiger partial charge < -0.3 is 4.42 Å². The lowest BCUT2D eigenvalue weighted by Crippen LogP contribution is -2.23. The van der Waals surface area contributed by atoms with Gasteiger partial charge in [-0.25, -0.2) is 0 Å². The molecule has 0 aliphatic carbocycles. The van der Waals surface area contributed by atoms with E-state index in [4.69, 9.17) is 27.6 Å². The van der Waals surface area contributed by atoms with Crippen LogP contribution in [0.25, 0.3) is 17.4 Å². The van der Waals surface area contributed by atoms with Gasteiger partial charge in [-0.2, -0.15) is 0 Å². The van der Waals surface area contributed by atoms with Gasteiger partial charge in [0.2, 0.25) is 0 Å². The molecule has 0 radical (unpaired) electrons. The molecule has 1 aliphatic rings. The maximum atomic E-state index is 12.1. The smallest absolute Gasteiger partial charge is 0.266 e. The number of furan rings is 1. The summed E-state index contributed by atoms with van der Waals surface area (Å²) in [6.45, 7) is 0. The molecule has 0 bridgehead atoms. The van der Waals surface area contributed by atoms with Crippen LogP contribution in [0, 0.1) is 0 Å². The van der Waals surface area contributed by atoms with Crippen LogP contribution in [0.4, 0.5) is 0 Å². The molecule has 2 heterocycles. The molecule has 3 rings (SSSR count). The largest absolute Gasteiger partial charge is 0.457 e. The third-order valence-electron chi connectivity index (χ3n) is 3.30. The zero-order valence-corrected chi connectivity index (χ0v) is 14.7. The van der Waals surface area contributed by atoms with Crippen molar-refractivity contribution >= 4 is 52.1 Å². The molecule has 0 saturated carbocycles. The number of thioether (sulfide) groups is 1. The fourth-order valence-corrected chi connectivity index (χ4v) is 3.32. The number of carbonyl (C=O) groups excluding carboxylic acids is 1. The lowest BCUT2D eigenvalue weighted by molar-refractivity contribution is -0.121. The molecular formula is C16H12Cl2N2O2S. The van der Waals surface area contributed by atoms with Crippen LogP contribution in [0.2, 0.25) is 10.0 Å². The average molecular weight is 367 g/mol. The summed E-state index contributed by atoms with van der Waals surface area (Å²) in [5.74, 6) is 1.15. The van der Waals surface area contributed by atoms with Gasteiger partial charge in [-0.05, 0) is 42.1 Å². The number of rotatable bonds is 2. The molecule has 1 aromatic heterocycles. The Morgan fingerprint density at radius 1 is 1.22 bits per heavy atom. The number of halogens is 2. The maximum absolute atomic E-state index is 12.1. The van der Waals surface area contributed by atoms with Crippen LogP contribution in [0.15, 0.2) is 44.6 Å². The molecule has 23 heavy (non-hydrogen) atoms. The van der Waals surface area contributed by atoms with Crippen LogP contribution in [-0.4, -0.2) is 30.1 Å². The molecule has 0 atom stereocenters. The first kappa shape index (κ1) is 16.2. The van der Waals surface area contributed by atoms with Crippen molar-refractivity contribution in [3.63, 3.8) is 0 Å². The summed E-state index contributed by atoms with van der Waals surface area (Å²) in [6, 6.07) is 8.92. The molecule has 4 nitrogen and oxygen atoms in total. The third-order valence-corrected chi connectivity index (χ3v) is 5.19. The quantitative estimate of drug-likeness (QED) is 0.718. The zero-order valence-electron chi connectivity index (χ0n) is 12.3. The Hall–Kier alpha value is -1.69. The van der Waals surface area contributed by atoms with Gasteiger partial charge in [0.15, 0.2) is 5.17 Å². The second kappa shape index (κ2) is 6.43. The van der Waals surface area contributed by atoms with Gasteiger partial charge in [0.1, 0.15) is 11.5 Å². The van der Waals surface area contributed by atoms with Gasteiger partial charge in [-0.1, -0.05) is 23.2 Å². The van der Waals surface area contributed by atoms with Crippen molar-refractivity contribution in [3.8, 4) is 11.3 Å². The molecule has 1 amide bonds. The Balaban J connectivity index is 1.89. The van der Waals surface area contributed by atoms with E-state index in [1.54, 1.807) is 38.4 Å². The van der Waals surface area contributed by atoms with Crippen LogP contribution in [-0.2, 0) is 4.79 Å². The number of hydrogen-bond donors (Lipinski definition) is 0. The van der Waals surface area contributed by atoms with Gasteiger partial charge in [0.05, 0.1) is 15.0 Å². The molecule has 0 spiro atoms. The Morgan fingerprint density at radius 2 is 2.00 bits per heavy atom. The second-order valence-electron chi connectivity index (χ2n) is 4.81. The van der Waals surface area contributed by atoms with Crippen molar-refractivity contribution in [2.24, 2.45) is 4.99 Å². The fourth-order valence-electron chi connectivity index (χ4n) is 2.11. The number of benzene rings is 1. The van der Waals surface area contributed by atoms with Crippen molar-refractivity contribution in [1.82, 2.24) is 4.90 Å². The van der Waals surface area contributed by atoms with Crippen molar-refractivity contribution in [1.29, 1.82) is 0 Å². The van der Waals surface area contributed by atoms with Crippen LogP contribution in [0.1, 0.15) is 5.76 Å². The van der Waals surface area contributed by atoms with E-state index in [0.717, 1.165) is 5.56 Å². The van der Waals surface area contributed by atoms with E-state index in [1.807, 2.05) is 12.1 Å². The minimum absolute atomic E-state index is 0.0944. The highest BCUT2D eigenvalue weighted by Gasteiger charge is 2.30. The third kappa shape index (κ3) is 3.17. The number of likely N-dealkylation sites (N-methyl/N-ethyl adjacent to an activating group) is 1. The first-order chi connectivity index (χ1) is 11.0. The Morgan fingerprint density at radius 3 is 2.65 bits per heavy atom. The Bertz CT molecular complexity index is 842. The monoisotopic (exact) mass is 366 g/mol. The minimum atomic E-state index is -0.0944.